The zero-order valence-electron chi connectivity index (χ0n) is 12.8. The molecule has 1 saturated heterocycles. The Morgan fingerprint density at radius 1 is 1.33 bits per heavy atom. The minimum absolute atomic E-state index is 0.0957. The van der Waals surface area contributed by atoms with Crippen LogP contribution in [0.3, 0.4) is 0 Å². The van der Waals surface area contributed by atoms with E-state index in [1.54, 1.807) is 7.11 Å². The average Bonchev–Trinajstić information content (AvgIpc) is 2.55. The number of likely N-dealkylation sites (N-methyl/N-ethyl adjacent to an activating group) is 1. The Labute approximate surface area is 126 Å². The molecule has 1 amide bonds. The third kappa shape index (κ3) is 4.44. The molecule has 1 aromatic rings. The van der Waals surface area contributed by atoms with Crippen molar-refractivity contribution in [3.63, 3.8) is 0 Å². The molecule has 1 unspecified atom stereocenters. The molecule has 1 fully saturated rings. The number of nitrogens with zero attached hydrogens (tertiary/aromatic N) is 1. The quantitative estimate of drug-likeness (QED) is 0.808. The number of carbonyl (C=O) groups is 1. The molecular formula is C16H24N2O3. The van der Waals surface area contributed by atoms with Crippen LogP contribution in [-0.2, 0) is 4.74 Å². The van der Waals surface area contributed by atoms with E-state index in [9.17, 15) is 4.79 Å². The Morgan fingerprint density at radius 2 is 2.10 bits per heavy atom. The molecule has 2 rings (SSSR count). The van der Waals surface area contributed by atoms with Gasteiger partial charge in [0.2, 0.25) is 0 Å². The third-order valence-corrected chi connectivity index (χ3v) is 3.77. The molecule has 0 bridgehead atoms. The van der Waals surface area contributed by atoms with Crippen molar-refractivity contribution >= 4 is 5.91 Å². The lowest BCUT2D eigenvalue weighted by Crippen LogP contribution is -2.46. The molecule has 5 heteroatoms. The summed E-state index contributed by atoms with van der Waals surface area (Å²) in [6.07, 6.45) is 2.18. The van der Waals surface area contributed by atoms with Crippen molar-refractivity contribution < 1.29 is 14.3 Å². The summed E-state index contributed by atoms with van der Waals surface area (Å²) in [5, 5.41) is 3.25. The van der Waals surface area contributed by atoms with Gasteiger partial charge in [-0.05, 0) is 44.2 Å². The van der Waals surface area contributed by atoms with Gasteiger partial charge in [0.05, 0.1) is 6.61 Å². The number of amides is 1. The SMILES string of the molecule is CNC1CCCN(C(=O)c2ccc(OCCOC)cc2)C1. The molecule has 116 valence electrons. The Hall–Kier alpha value is -1.59. The summed E-state index contributed by atoms with van der Waals surface area (Å²) in [4.78, 5) is 14.4. The van der Waals surface area contributed by atoms with E-state index < -0.39 is 0 Å². The van der Waals surface area contributed by atoms with E-state index in [0.717, 1.165) is 31.7 Å². The molecule has 1 N–H and O–H groups in total. The molecule has 1 aliphatic rings. The first-order chi connectivity index (χ1) is 10.2. The number of carbonyl (C=O) groups excluding carboxylic acids is 1. The summed E-state index contributed by atoms with van der Waals surface area (Å²) in [7, 11) is 3.59. The predicted molar refractivity (Wildman–Crippen MR) is 81.8 cm³/mol. The molecule has 1 heterocycles. The van der Waals surface area contributed by atoms with Gasteiger partial charge in [0, 0.05) is 31.8 Å². The van der Waals surface area contributed by atoms with Crippen LogP contribution in [0, 0.1) is 0 Å². The summed E-state index contributed by atoms with van der Waals surface area (Å²) in [6, 6.07) is 7.73. The van der Waals surface area contributed by atoms with Crippen molar-refractivity contribution in [2.24, 2.45) is 0 Å². The maximum absolute atomic E-state index is 12.5. The summed E-state index contributed by atoms with van der Waals surface area (Å²) < 4.78 is 10.4. The predicted octanol–water partition coefficient (Wildman–Crippen LogP) is 1.54. The Morgan fingerprint density at radius 3 is 2.76 bits per heavy atom. The maximum Gasteiger partial charge on any atom is 0.253 e. The first-order valence-electron chi connectivity index (χ1n) is 7.43. The van der Waals surface area contributed by atoms with E-state index in [0.29, 0.717) is 24.8 Å². The molecule has 0 saturated carbocycles. The molecule has 0 aromatic heterocycles. The summed E-state index contributed by atoms with van der Waals surface area (Å²) in [5.74, 6) is 0.855. The highest BCUT2D eigenvalue weighted by molar-refractivity contribution is 5.94. The van der Waals surface area contributed by atoms with Crippen LogP contribution in [0.2, 0.25) is 0 Å². The van der Waals surface area contributed by atoms with E-state index >= 15 is 0 Å². The van der Waals surface area contributed by atoms with Crippen molar-refractivity contribution in [1.82, 2.24) is 10.2 Å². The van der Waals surface area contributed by atoms with Crippen LogP contribution in [0.25, 0.3) is 0 Å². The summed E-state index contributed by atoms with van der Waals surface area (Å²) >= 11 is 0. The van der Waals surface area contributed by atoms with Crippen molar-refractivity contribution in [2.75, 3.05) is 40.5 Å². The van der Waals surface area contributed by atoms with Crippen LogP contribution in [0.1, 0.15) is 23.2 Å². The fourth-order valence-electron chi connectivity index (χ4n) is 2.52. The number of likely N-dealkylation sites (tertiary alicyclic amines) is 1. The minimum atomic E-state index is 0.0957. The van der Waals surface area contributed by atoms with Crippen molar-refractivity contribution in [1.29, 1.82) is 0 Å². The largest absolute Gasteiger partial charge is 0.491 e. The van der Waals surface area contributed by atoms with Crippen molar-refractivity contribution in [2.45, 2.75) is 18.9 Å². The lowest BCUT2D eigenvalue weighted by molar-refractivity contribution is 0.0698. The van der Waals surface area contributed by atoms with Crippen LogP contribution in [0.15, 0.2) is 24.3 Å². The van der Waals surface area contributed by atoms with E-state index in [-0.39, 0.29) is 5.91 Å². The maximum atomic E-state index is 12.5. The van der Waals surface area contributed by atoms with Gasteiger partial charge < -0.3 is 19.7 Å². The van der Waals surface area contributed by atoms with Gasteiger partial charge in [-0.2, -0.15) is 0 Å². The number of ether oxygens (including phenoxy) is 2. The topological polar surface area (TPSA) is 50.8 Å². The molecule has 0 aliphatic carbocycles. The smallest absolute Gasteiger partial charge is 0.253 e. The lowest BCUT2D eigenvalue weighted by atomic mass is 10.0. The zero-order valence-corrected chi connectivity index (χ0v) is 12.8. The first-order valence-corrected chi connectivity index (χ1v) is 7.43. The van der Waals surface area contributed by atoms with E-state index in [1.807, 2.05) is 36.2 Å². The van der Waals surface area contributed by atoms with Crippen LogP contribution in [-0.4, -0.2) is 57.3 Å². The van der Waals surface area contributed by atoms with Gasteiger partial charge in [0.15, 0.2) is 0 Å². The van der Waals surface area contributed by atoms with Gasteiger partial charge in [-0.1, -0.05) is 0 Å². The molecule has 1 atom stereocenters. The highest BCUT2D eigenvalue weighted by Gasteiger charge is 2.23. The molecule has 1 aromatic carbocycles. The van der Waals surface area contributed by atoms with Crippen molar-refractivity contribution in [3.05, 3.63) is 29.8 Å². The van der Waals surface area contributed by atoms with Crippen LogP contribution < -0.4 is 10.1 Å². The van der Waals surface area contributed by atoms with Crippen LogP contribution in [0.5, 0.6) is 5.75 Å². The fourth-order valence-corrected chi connectivity index (χ4v) is 2.52. The third-order valence-electron chi connectivity index (χ3n) is 3.77. The molecule has 1 aliphatic heterocycles. The van der Waals surface area contributed by atoms with Crippen LogP contribution in [0.4, 0.5) is 0 Å². The normalized spacial score (nSPS) is 18.6. The number of nitrogens with one attached hydrogen (secondary N) is 1. The number of hydrogen-bond acceptors (Lipinski definition) is 4. The van der Waals surface area contributed by atoms with E-state index in [2.05, 4.69) is 5.32 Å². The molecule has 5 nitrogen and oxygen atoms in total. The minimum Gasteiger partial charge on any atom is -0.491 e. The molecule has 0 radical (unpaired) electrons. The molecule has 0 spiro atoms. The second-order valence-corrected chi connectivity index (χ2v) is 5.24. The number of piperidine rings is 1. The second kappa shape index (κ2) is 8.00. The number of rotatable bonds is 6. The highest BCUT2D eigenvalue weighted by Crippen LogP contribution is 2.17. The van der Waals surface area contributed by atoms with Crippen molar-refractivity contribution in [3.8, 4) is 5.75 Å². The second-order valence-electron chi connectivity index (χ2n) is 5.24. The summed E-state index contributed by atoms with van der Waals surface area (Å²) in [6.45, 7) is 2.68. The standard InChI is InChI=1S/C16H24N2O3/c1-17-14-4-3-9-18(12-14)16(19)13-5-7-15(8-6-13)21-11-10-20-2/h5-8,14,17H,3-4,9-12H2,1-2H3. The molecule has 21 heavy (non-hydrogen) atoms. The van der Waals surface area contributed by atoms with Gasteiger partial charge >= 0.3 is 0 Å². The van der Waals surface area contributed by atoms with E-state index in [1.165, 1.54) is 0 Å². The monoisotopic (exact) mass is 292 g/mol. The fraction of sp³-hybridized carbons (Fsp3) is 0.562. The number of methoxy groups -OCH3 is 1. The zero-order chi connectivity index (χ0) is 15.1. The first kappa shape index (κ1) is 15.8. The lowest BCUT2D eigenvalue weighted by Gasteiger charge is -2.32. The van der Waals surface area contributed by atoms with Gasteiger partial charge in [-0.15, -0.1) is 0 Å². The Bertz CT molecular complexity index is 447. The number of benzene rings is 1. The number of hydrogen-bond donors (Lipinski definition) is 1. The Kier molecular flexibility index (Phi) is 6.02. The van der Waals surface area contributed by atoms with Gasteiger partial charge in [-0.25, -0.2) is 0 Å². The Balaban J connectivity index is 1.93. The summed E-state index contributed by atoms with van der Waals surface area (Å²) in [5.41, 5.74) is 0.714. The van der Waals surface area contributed by atoms with Gasteiger partial charge in [-0.3, -0.25) is 4.79 Å². The van der Waals surface area contributed by atoms with Gasteiger partial charge in [0.25, 0.3) is 5.91 Å². The van der Waals surface area contributed by atoms with Crippen LogP contribution >= 0.6 is 0 Å². The average molecular weight is 292 g/mol. The van der Waals surface area contributed by atoms with E-state index in [4.69, 9.17) is 9.47 Å². The van der Waals surface area contributed by atoms with Gasteiger partial charge in [0.1, 0.15) is 12.4 Å². The molecular weight excluding hydrogens is 268 g/mol. The highest BCUT2D eigenvalue weighted by atomic mass is 16.5.